The van der Waals surface area contributed by atoms with E-state index in [0.29, 0.717) is 0 Å². The number of nitriles is 1. The van der Waals surface area contributed by atoms with E-state index in [1.54, 1.807) is 6.07 Å². The SMILES string of the molecule is N#Cc1cn([C@H]2C[C@H](O)[C@@H](COP(N)O)O2)c(=O)[nH]c1=O. The summed E-state index contributed by atoms with van der Waals surface area (Å²) in [6, 6.07) is 1.66. The van der Waals surface area contributed by atoms with Gasteiger partial charge in [-0.1, -0.05) is 0 Å². The molecular formula is C10H13N4O6P. The van der Waals surface area contributed by atoms with E-state index in [2.05, 4.69) is 0 Å². The Kier molecular flexibility index (Phi) is 4.84. The zero-order valence-corrected chi connectivity index (χ0v) is 11.6. The van der Waals surface area contributed by atoms with Gasteiger partial charge in [0.1, 0.15) is 24.0 Å². The summed E-state index contributed by atoms with van der Waals surface area (Å²) in [5, 5.41) is 18.6. The van der Waals surface area contributed by atoms with Crippen molar-refractivity contribution in [1.29, 1.82) is 5.26 Å². The molecule has 1 aliphatic heterocycles. The normalized spacial score (nSPS) is 26.5. The van der Waals surface area contributed by atoms with Gasteiger partial charge >= 0.3 is 5.69 Å². The van der Waals surface area contributed by atoms with Crippen LogP contribution in [-0.2, 0) is 9.26 Å². The lowest BCUT2D eigenvalue weighted by Gasteiger charge is -2.16. The Morgan fingerprint density at radius 2 is 2.38 bits per heavy atom. The van der Waals surface area contributed by atoms with Crippen molar-refractivity contribution in [1.82, 2.24) is 9.55 Å². The summed E-state index contributed by atoms with van der Waals surface area (Å²) >= 11 is 0. The van der Waals surface area contributed by atoms with E-state index in [1.807, 2.05) is 4.98 Å². The average Bonchev–Trinajstić information content (AvgIpc) is 2.77. The molecule has 1 aliphatic rings. The van der Waals surface area contributed by atoms with Crippen molar-refractivity contribution < 1.29 is 19.3 Å². The second kappa shape index (κ2) is 6.44. The number of H-pyrrole nitrogens is 1. The molecule has 0 bridgehead atoms. The van der Waals surface area contributed by atoms with Crippen LogP contribution in [0.5, 0.6) is 0 Å². The van der Waals surface area contributed by atoms with Gasteiger partial charge in [0.2, 0.25) is 8.53 Å². The number of aliphatic hydroxyl groups is 1. The number of rotatable bonds is 4. The van der Waals surface area contributed by atoms with E-state index in [-0.39, 0.29) is 18.6 Å². The Morgan fingerprint density at radius 3 is 3.00 bits per heavy atom. The Hall–Kier alpha value is -1.60. The minimum atomic E-state index is -2.07. The van der Waals surface area contributed by atoms with E-state index in [9.17, 15) is 14.7 Å². The molecule has 21 heavy (non-hydrogen) atoms. The van der Waals surface area contributed by atoms with Crippen LogP contribution in [0.25, 0.3) is 0 Å². The van der Waals surface area contributed by atoms with Gasteiger partial charge in [0.15, 0.2) is 0 Å². The molecule has 2 rings (SSSR count). The molecule has 10 nitrogen and oxygen atoms in total. The minimum Gasteiger partial charge on any atom is -0.390 e. The van der Waals surface area contributed by atoms with Gasteiger partial charge in [-0.05, 0) is 0 Å². The maximum absolute atomic E-state index is 11.7. The average molecular weight is 316 g/mol. The molecule has 114 valence electrons. The van der Waals surface area contributed by atoms with Crippen LogP contribution in [0.2, 0.25) is 0 Å². The van der Waals surface area contributed by atoms with E-state index >= 15 is 0 Å². The first-order valence-electron chi connectivity index (χ1n) is 5.88. The zero-order chi connectivity index (χ0) is 15.6. The first-order valence-corrected chi connectivity index (χ1v) is 7.16. The molecule has 1 aromatic heterocycles. The van der Waals surface area contributed by atoms with E-state index < -0.39 is 38.2 Å². The number of aromatic amines is 1. The van der Waals surface area contributed by atoms with E-state index in [4.69, 9.17) is 24.9 Å². The van der Waals surface area contributed by atoms with Gasteiger partial charge < -0.3 is 19.3 Å². The highest BCUT2D eigenvalue weighted by Gasteiger charge is 2.36. The Balaban J connectivity index is 2.19. The summed E-state index contributed by atoms with van der Waals surface area (Å²) < 4.78 is 11.2. The largest absolute Gasteiger partial charge is 0.390 e. The molecule has 5 N–H and O–H groups in total. The predicted molar refractivity (Wildman–Crippen MR) is 69.8 cm³/mol. The second-order valence-electron chi connectivity index (χ2n) is 4.35. The molecular weight excluding hydrogens is 303 g/mol. The van der Waals surface area contributed by atoms with Gasteiger partial charge in [-0.25, -0.2) is 4.79 Å². The molecule has 0 radical (unpaired) electrons. The van der Waals surface area contributed by atoms with Gasteiger partial charge in [0.05, 0.1) is 12.7 Å². The number of nitrogens with two attached hydrogens (primary N) is 1. The molecule has 1 aromatic rings. The molecule has 1 fully saturated rings. The zero-order valence-electron chi connectivity index (χ0n) is 10.7. The van der Waals surface area contributed by atoms with Crippen LogP contribution >= 0.6 is 8.53 Å². The summed E-state index contributed by atoms with van der Waals surface area (Å²) in [5.74, 6) is 0. The summed E-state index contributed by atoms with van der Waals surface area (Å²) in [5.41, 5.74) is 3.29. The Bertz CT molecular complexity index is 665. The van der Waals surface area contributed by atoms with Crippen molar-refractivity contribution in [3.8, 4) is 6.07 Å². The quantitative estimate of drug-likeness (QED) is 0.475. The van der Waals surface area contributed by atoms with Gasteiger partial charge in [-0.15, -0.1) is 0 Å². The van der Waals surface area contributed by atoms with Crippen LogP contribution in [-0.4, -0.2) is 38.4 Å². The molecule has 0 saturated carbocycles. The van der Waals surface area contributed by atoms with E-state index in [1.165, 1.54) is 0 Å². The van der Waals surface area contributed by atoms with Crippen LogP contribution < -0.4 is 16.8 Å². The number of nitrogens with zero attached hydrogens (tertiary/aromatic N) is 2. The van der Waals surface area contributed by atoms with Crippen LogP contribution in [0, 0.1) is 11.3 Å². The van der Waals surface area contributed by atoms with Crippen LogP contribution in [0.15, 0.2) is 15.8 Å². The summed E-state index contributed by atoms with van der Waals surface area (Å²) in [7, 11) is -2.07. The first-order chi connectivity index (χ1) is 9.92. The highest BCUT2D eigenvalue weighted by atomic mass is 31.2. The van der Waals surface area contributed by atoms with Crippen molar-refractivity contribution in [3.05, 3.63) is 32.6 Å². The van der Waals surface area contributed by atoms with Gasteiger partial charge in [-0.2, -0.15) is 5.26 Å². The smallest absolute Gasteiger partial charge is 0.330 e. The fourth-order valence-electron chi connectivity index (χ4n) is 1.96. The molecule has 4 atom stereocenters. The van der Waals surface area contributed by atoms with Gasteiger partial charge in [0.25, 0.3) is 5.56 Å². The fraction of sp³-hybridized carbons (Fsp3) is 0.500. The third kappa shape index (κ3) is 3.54. The minimum absolute atomic E-state index is 0.0682. The van der Waals surface area contributed by atoms with Gasteiger partial charge in [-0.3, -0.25) is 19.8 Å². The molecule has 0 aromatic carbocycles. The Morgan fingerprint density at radius 1 is 1.67 bits per heavy atom. The van der Waals surface area contributed by atoms with Crippen LogP contribution in [0.4, 0.5) is 0 Å². The number of hydrogen-bond acceptors (Lipinski definition) is 8. The highest BCUT2D eigenvalue weighted by Crippen LogP contribution is 2.30. The monoisotopic (exact) mass is 316 g/mol. The van der Waals surface area contributed by atoms with Crippen molar-refractivity contribution in [2.75, 3.05) is 6.61 Å². The number of ether oxygens (including phenoxy) is 1. The van der Waals surface area contributed by atoms with E-state index in [0.717, 1.165) is 10.8 Å². The standard InChI is InChI=1S/C10H13N4O6P/c11-2-5-3-14(10(17)13-9(5)16)8-1-6(15)7(20-8)4-19-21(12)18/h3,6-8,15,18H,1,4,12H2,(H,13,16,17)/t6-,7+,8+,21?/m0/s1. The molecule has 0 aliphatic carbocycles. The lowest BCUT2D eigenvalue weighted by molar-refractivity contribution is -0.0407. The molecule has 1 unspecified atom stereocenters. The lowest BCUT2D eigenvalue weighted by Crippen LogP contribution is -2.33. The third-order valence-electron chi connectivity index (χ3n) is 2.97. The van der Waals surface area contributed by atoms with Crippen molar-refractivity contribution >= 4 is 8.53 Å². The summed E-state index contributed by atoms with van der Waals surface area (Å²) in [6.45, 7) is -0.139. The molecule has 2 heterocycles. The first kappa shape index (κ1) is 15.8. The predicted octanol–water partition coefficient (Wildman–Crippen LogP) is -1.75. The van der Waals surface area contributed by atoms with Gasteiger partial charge in [0, 0.05) is 12.6 Å². The number of nitrogens with one attached hydrogen (secondary N) is 1. The van der Waals surface area contributed by atoms with Crippen molar-refractivity contribution in [2.45, 2.75) is 24.9 Å². The Labute approximate surface area is 119 Å². The summed E-state index contributed by atoms with van der Waals surface area (Å²) in [4.78, 5) is 33.9. The van der Waals surface area contributed by atoms with Crippen LogP contribution in [0.1, 0.15) is 18.2 Å². The second-order valence-corrected chi connectivity index (χ2v) is 5.21. The maximum Gasteiger partial charge on any atom is 0.330 e. The lowest BCUT2D eigenvalue weighted by atomic mass is 10.2. The maximum atomic E-state index is 11.7. The third-order valence-corrected chi connectivity index (χ3v) is 3.39. The summed E-state index contributed by atoms with van der Waals surface area (Å²) in [6.07, 6.45) is -1.43. The molecule has 11 heteroatoms. The number of aliphatic hydroxyl groups excluding tert-OH is 1. The topological polar surface area (TPSA) is 164 Å². The molecule has 0 spiro atoms. The van der Waals surface area contributed by atoms with Crippen molar-refractivity contribution in [3.63, 3.8) is 0 Å². The highest BCUT2D eigenvalue weighted by molar-refractivity contribution is 7.43. The number of aromatic nitrogens is 2. The van der Waals surface area contributed by atoms with Crippen molar-refractivity contribution in [2.24, 2.45) is 5.50 Å². The molecule has 0 amide bonds. The molecule has 1 saturated heterocycles. The fourth-order valence-corrected chi connectivity index (χ4v) is 2.26. The number of hydrogen-bond donors (Lipinski definition) is 4. The van der Waals surface area contributed by atoms with Crippen LogP contribution in [0.3, 0.4) is 0 Å².